The van der Waals surface area contributed by atoms with Crippen molar-refractivity contribution in [3.8, 4) is 0 Å². The molecule has 0 aromatic carbocycles. The monoisotopic (exact) mass is 250 g/mol. The highest BCUT2D eigenvalue weighted by molar-refractivity contribution is 5.44. The van der Waals surface area contributed by atoms with E-state index in [9.17, 15) is 10.2 Å². The number of nitrogens with two attached hydrogens (primary N) is 1. The van der Waals surface area contributed by atoms with E-state index in [1.165, 1.54) is 0 Å². The van der Waals surface area contributed by atoms with Gasteiger partial charge in [-0.05, 0) is 43.2 Å². The minimum Gasteiger partial charge on any atom is -0.398 e. The number of nitrogens with zero attached hydrogens (tertiary/aromatic N) is 1. The average Bonchev–Trinajstić information content (AvgIpc) is 2.36. The van der Waals surface area contributed by atoms with E-state index in [2.05, 4.69) is 11.9 Å². The molecular formula is C14H22N2O2. The fraction of sp³-hybridized carbons (Fsp3) is 0.643. The molecule has 4 nitrogen and oxygen atoms in total. The van der Waals surface area contributed by atoms with Gasteiger partial charge in [-0.1, -0.05) is 6.92 Å². The highest BCUT2D eigenvalue weighted by Gasteiger charge is 2.38. The number of aromatic nitrogens is 1. The van der Waals surface area contributed by atoms with Gasteiger partial charge >= 0.3 is 0 Å². The lowest BCUT2D eigenvalue weighted by molar-refractivity contribution is -0.102. The first-order valence-electron chi connectivity index (χ1n) is 6.60. The molecule has 1 aromatic rings. The number of anilines is 1. The number of pyridine rings is 1. The van der Waals surface area contributed by atoms with E-state index >= 15 is 0 Å². The standard InChI is InChI=1S/C14H22N2O2/c1-10-2-5-14(18,6-3-10)13(17)8-11-9-16-7-4-12(11)15/h4,7,9-10,13,17-18H,2-3,5-6,8H2,1H3,(H2,15,16). The molecule has 0 radical (unpaired) electrons. The molecular weight excluding hydrogens is 228 g/mol. The van der Waals surface area contributed by atoms with Crippen molar-refractivity contribution in [1.29, 1.82) is 0 Å². The molecule has 0 amide bonds. The van der Waals surface area contributed by atoms with E-state index in [-0.39, 0.29) is 0 Å². The van der Waals surface area contributed by atoms with E-state index in [0.29, 0.717) is 30.9 Å². The normalized spacial score (nSPS) is 30.1. The van der Waals surface area contributed by atoms with Crippen LogP contribution in [-0.4, -0.2) is 26.9 Å². The number of hydrogen-bond acceptors (Lipinski definition) is 4. The van der Waals surface area contributed by atoms with E-state index < -0.39 is 11.7 Å². The number of aliphatic hydroxyl groups excluding tert-OH is 1. The molecule has 100 valence electrons. The van der Waals surface area contributed by atoms with Crippen molar-refractivity contribution < 1.29 is 10.2 Å². The Labute approximate surface area is 108 Å². The lowest BCUT2D eigenvalue weighted by Gasteiger charge is -2.38. The summed E-state index contributed by atoms with van der Waals surface area (Å²) in [6.45, 7) is 2.19. The van der Waals surface area contributed by atoms with Crippen molar-refractivity contribution >= 4 is 5.69 Å². The summed E-state index contributed by atoms with van der Waals surface area (Å²) in [5.74, 6) is 0.640. The fourth-order valence-corrected chi connectivity index (χ4v) is 2.60. The molecule has 1 atom stereocenters. The van der Waals surface area contributed by atoms with Crippen molar-refractivity contribution in [2.75, 3.05) is 5.73 Å². The van der Waals surface area contributed by atoms with Crippen LogP contribution in [0, 0.1) is 5.92 Å². The van der Waals surface area contributed by atoms with Crippen molar-refractivity contribution in [2.45, 2.75) is 50.7 Å². The molecule has 2 rings (SSSR count). The lowest BCUT2D eigenvalue weighted by Crippen LogP contribution is -2.46. The van der Waals surface area contributed by atoms with E-state index in [0.717, 1.165) is 18.4 Å². The summed E-state index contributed by atoms with van der Waals surface area (Å²) in [4.78, 5) is 4.01. The zero-order valence-corrected chi connectivity index (χ0v) is 10.8. The topological polar surface area (TPSA) is 79.4 Å². The van der Waals surface area contributed by atoms with Crippen LogP contribution in [0.25, 0.3) is 0 Å². The third-order valence-corrected chi connectivity index (χ3v) is 4.11. The highest BCUT2D eigenvalue weighted by atomic mass is 16.3. The number of nitrogen functional groups attached to an aromatic ring is 1. The summed E-state index contributed by atoms with van der Waals surface area (Å²) in [5.41, 5.74) is 6.29. The zero-order valence-electron chi connectivity index (χ0n) is 10.8. The van der Waals surface area contributed by atoms with E-state index in [1.54, 1.807) is 18.5 Å². The predicted molar refractivity (Wildman–Crippen MR) is 70.9 cm³/mol. The summed E-state index contributed by atoms with van der Waals surface area (Å²) in [7, 11) is 0. The molecule has 1 aliphatic rings. The maximum absolute atomic E-state index is 10.5. The molecule has 1 fully saturated rings. The van der Waals surface area contributed by atoms with Gasteiger partial charge in [0.05, 0.1) is 11.7 Å². The molecule has 4 heteroatoms. The van der Waals surface area contributed by atoms with Crippen LogP contribution in [0.1, 0.15) is 38.2 Å². The number of hydrogen-bond donors (Lipinski definition) is 3. The summed E-state index contributed by atoms with van der Waals surface area (Å²) < 4.78 is 0. The van der Waals surface area contributed by atoms with Crippen LogP contribution < -0.4 is 5.73 Å². The Balaban J connectivity index is 2.03. The van der Waals surface area contributed by atoms with Gasteiger partial charge in [-0.3, -0.25) is 4.98 Å². The lowest BCUT2D eigenvalue weighted by atomic mass is 9.75. The molecule has 0 bridgehead atoms. The number of aliphatic hydroxyl groups is 2. The Hall–Kier alpha value is -1.13. The summed E-state index contributed by atoms with van der Waals surface area (Å²) >= 11 is 0. The third-order valence-electron chi connectivity index (χ3n) is 4.11. The maximum atomic E-state index is 10.5. The molecule has 0 aliphatic heterocycles. The summed E-state index contributed by atoms with van der Waals surface area (Å²) in [5, 5.41) is 20.8. The van der Waals surface area contributed by atoms with Gasteiger partial charge in [0.2, 0.25) is 0 Å². The fourth-order valence-electron chi connectivity index (χ4n) is 2.60. The Morgan fingerprint density at radius 2 is 2.17 bits per heavy atom. The molecule has 4 N–H and O–H groups in total. The predicted octanol–water partition coefficient (Wildman–Crippen LogP) is 1.51. The van der Waals surface area contributed by atoms with E-state index in [4.69, 9.17) is 5.73 Å². The molecule has 0 spiro atoms. The average molecular weight is 250 g/mol. The molecule has 1 unspecified atom stereocenters. The van der Waals surface area contributed by atoms with Gasteiger partial charge in [-0.15, -0.1) is 0 Å². The molecule has 1 aromatic heterocycles. The van der Waals surface area contributed by atoms with Gasteiger partial charge in [0.1, 0.15) is 0 Å². The number of rotatable bonds is 3. The van der Waals surface area contributed by atoms with Gasteiger partial charge < -0.3 is 15.9 Å². The van der Waals surface area contributed by atoms with Crippen LogP contribution in [-0.2, 0) is 6.42 Å². The second kappa shape index (κ2) is 5.24. The van der Waals surface area contributed by atoms with Gasteiger partial charge in [-0.25, -0.2) is 0 Å². The van der Waals surface area contributed by atoms with Gasteiger partial charge in [0.25, 0.3) is 0 Å². The van der Waals surface area contributed by atoms with Crippen LogP contribution in [0.5, 0.6) is 0 Å². The first kappa shape index (κ1) is 13.3. The van der Waals surface area contributed by atoms with E-state index in [1.807, 2.05) is 0 Å². The SMILES string of the molecule is CC1CCC(O)(C(O)Cc2cnccc2N)CC1. The minimum absolute atomic E-state index is 0.366. The molecule has 1 aliphatic carbocycles. The van der Waals surface area contributed by atoms with Gasteiger partial charge in [-0.2, -0.15) is 0 Å². The Bertz CT molecular complexity index is 401. The third kappa shape index (κ3) is 2.82. The highest BCUT2D eigenvalue weighted by Crippen LogP contribution is 2.35. The van der Waals surface area contributed by atoms with Crippen LogP contribution in [0.2, 0.25) is 0 Å². The van der Waals surface area contributed by atoms with Crippen molar-refractivity contribution in [1.82, 2.24) is 4.98 Å². The van der Waals surface area contributed by atoms with Gasteiger partial charge in [0, 0.05) is 24.5 Å². The maximum Gasteiger partial charge on any atom is 0.0909 e. The quantitative estimate of drug-likeness (QED) is 0.759. The zero-order chi connectivity index (χ0) is 13.2. The smallest absolute Gasteiger partial charge is 0.0909 e. The van der Waals surface area contributed by atoms with Crippen molar-refractivity contribution in [3.63, 3.8) is 0 Å². The Morgan fingerprint density at radius 1 is 1.50 bits per heavy atom. The Kier molecular flexibility index (Phi) is 3.88. The van der Waals surface area contributed by atoms with Crippen LogP contribution >= 0.6 is 0 Å². The second-order valence-electron chi connectivity index (χ2n) is 5.58. The second-order valence-corrected chi connectivity index (χ2v) is 5.58. The van der Waals surface area contributed by atoms with Crippen molar-refractivity contribution in [3.05, 3.63) is 24.0 Å². The van der Waals surface area contributed by atoms with Crippen LogP contribution in [0.15, 0.2) is 18.5 Å². The van der Waals surface area contributed by atoms with Crippen LogP contribution in [0.3, 0.4) is 0 Å². The molecule has 1 heterocycles. The first-order chi connectivity index (χ1) is 8.51. The molecule has 18 heavy (non-hydrogen) atoms. The first-order valence-corrected chi connectivity index (χ1v) is 6.60. The van der Waals surface area contributed by atoms with Gasteiger partial charge in [0.15, 0.2) is 0 Å². The summed E-state index contributed by atoms with van der Waals surface area (Å²) in [6, 6.07) is 1.72. The van der Waals surface area contributed by atoms with Crippen LogP contribution in [0.4, 0.5) is 5.69 Å². The van der Waals surface area contributed by atoms with Crippen molar-refractivity contribution in [2.24, 2.45) is 5.92 Å². The largest absolute Gasteiger partial charge is 0.398 e. The molecule has 0 saturated heterocycles. The molecule has 1 saturated carbocycles. The summed E-state index contributed by atoms with van der Waals surface area (Å²) in [6.07, 6.45) is 6.15. The Morgan fingerprint density at radius 3 is 2.78 bits per heavy atom. The minimum atomic E-state index is -0.964.